The third-order valence-corrected chi connectivity index (χ3v) is 5.09. The monoisotopic (exact) mass is 387 g/mol. The Hall–Kier alpha value is -2.01. The van der Waals surface area contributed by atoms with Crippen molar-refractivity contribution in [3.8, 4) is 17.0 Å². The molecule has 146 valence electrons. The van der Waals surface area contributed by atoms with E-state index >= 15 is 0 Å². The molecule has 1 unspecified atom stereocenters. The number of aryl methyl sites for hydroxylation is 1. The van der Waals surface area contributed by atoms with Crippen molar-refractivity contribution in [1.82, 2.24) is 4.98 Å². The largest absolute Gasteiger partial charge is 0.490 e. The number of hydrogen-bond acceptors (Lipinski definition) is 4. The van der Waals surface area contributed by atoms with Crippen LogP contribution in [0.3, 0.4) is 0 Å². The van der Waals surface area contributed by atoms with Gasteiger partial charge >= 0.3 is 5.97 Å². The van der Waals surface area contributed by atoms with Crippen molar-refractivity contribution in [1.29, 1.82) is 0 Å². The molecule has 0 amide bonds. The van der Waals surface area contributed by atoms with E-state index in [0.717, 1.165) is 34.9 Å². The van der Waals surface area contributed by atoms with Crippen LogP contribution in [0.5, 0.6) is 5.75 Å². The molecular formula is C22H29NO3S. The van der Waals surface area contributed by atoms with E-state index in [1.165, 1.54) is 5.56 Å². The second-order valence-electron chi connectivity index (χ2n) is 6.56. The zero-order chi connectivity index (χ0) is 19.8. The van der Waals surface area contributed by atoms with Gasteiger partial charge in [0.15, 0.2) is 0 Å². The lowest BCUT2D eigenvalue weighted by molar-refractivity contribution is -0.137. The minimum absolute atomic E-state index is 0.00153. The number of nitrogens with zero attached hydrogens (tertiary/aromatic N) is 1. The summed E-state index contributed by atoms with van der Waals surface area (Å²) < 4.78 is 5.96. The summed E-state index contributed by atoms with van der Waals surface area (Å²) in [6.07, 6.45) is 2.49. The Morgan fingerprint density at radius 1 is 1.30 bits per heavy atom. The topological polar surface area (TPSA) is 59.4 Å². The molecule has 1 aromatic carbocycles. The number of aliphatic carboxylic acids is 1. The summed E-state index contributed by atoms with van der Waals surface area (Å²) in [7, 11) is 0. The predicted octanol–water partition coefficient (Wildman–Crippen LogP) is 5.83. The fraction of sp³-hybridized carbons (Fsp3) is 0.455. The first-order valence-corrected chi connectivity index (χ1v) is 10.5. The second kappa shape index (κ2) is 10.4. The molecule has 0 saturated carbocycles. The van der Waals surface area contributed by atoms with Crippen molar-refractivity contribution in [2.75, 3.05) is 0 Å². The van der Waals surface area contributed by atoms with Crippen LogP contribution in [0.2, 0.25) is 0 Å². The smallest absolute Gasteiger partial charge is 0.303 e. The van der Waals surface area contributed by atoms with Crippen molar-refractivity contribution < 1.29 is 14.6 Å². The van der Waals surface area contributed by atoms with E-state index in [1.54, 1.807) is 11.8 Å². The van der Waals surface area contributed by atoms with Crippen LogP contribution in [0, 0.1) is 0 Å². The summed E-state index contributed by atoms with van der Waals surface area (Å²) in [5.41, 5.74) is 3.24. The Kier molecular flexibility index (Phi) is 8.17. The van der Waals surface area contributed by atoms with Crippen molar-refractivity contribution >= 4 is 17.7 Å². The third-order valence-electron chi connectivity index (χ3n) is 4.15. The fourth-order valence-electron chi connectivity index (χ4n) is 2.97. The molecule has 1 aliphatic rings. The molecule has 1 aromatic heterocycles. The predicted molar refractivity (Wildman–Crippen MR) is 112 cm³/mol. The van der Waals surface area contributed by atoms with Gasteiger partial charge in [0.25, 0.3) is 0 Å². The van der Waals surface area contributed by atoms with Gasteiger partial charge in [-0.3, -0.25) is 4.79 Å². The van der Waals surface area contributed by atoms with E-state index in [4.69, 9.17) is 14.8 Å². The number of benzene rings is 1. The summed E-state index contributed by atoms with van der Waals surface area (Å²) in [4.78, 5) is 15.5. The standard InChI is InChI=1S/C20H23NO3S.C2H6/c1-13(2)25-19-5-3-4-17(21-19)14-7-10-18-15(12-14)6-8-16(24-18)9-11-20(22)23;1-2/h3-5,7,10,12-13,16H,6,8-9,11H2,1-2H3,(H,22,23);1-2H3. The third kappa shape index (κ3) is 6.28. The molecule has 4 nitrogen and oxygen atoms in total. The Balaban J connectivity index is 0.00000126. The van der Waals surface area contributed by atoms with Gasteiger partial charge in [-0.25, -0.2) is 4.98 Å². The van der Waals surface area contributed by atoms with E-state index < -0.39 is 5.97 Å². The van der Waals surface area contributed by atoms with Gasteiger partial charge in [0, 0.05) is 17.2 Å². The van der Waals surface area contributed by atoms with Gasteiger partial charge in [-0.1, -0.05) is 33.8 Å². The fourth-order valence-corrected chi connectivity index (χ4v) is 3.77. The van der Waals surface area contributed by atoms with E-state index in [2.05, 4.69) is 19.9 Å². The Morgan fingerprint density at radius 2 is 2.07 bits per heavy atom. The highest BCUT2D eigenvalue weighted by molar-refractivity contribution is 7.99. The van der Waals surface area contributed by atoms with Gasteiger partial charge in [-0.15, -0.1) is 11.8 Å². The number of hydrogen-bond donors (Lipinski definition) is 1. The van der Waals surface area contributed by atoms with Crippen molar-refractivity contribution in [2.45, 2.75) is 69.8 Å². The van der Waals surface area contributed by atoms with E-state index in [9.17, 15) is 4.79 Å². The molecule has 0 fully saturated rings. The first-order chi connectivity index (χ1) is 13.0. The minimum Gasteiger partial charge on any atom is -0.490 e. The van der Waals surface area contributed by atoms with Crippen LogP contribution < -0.4 is 4.74 Å². The molecule has 2 heterocycles. The number of carboxylic acid groups (broad SMARTS) is 1. The summed E-state index contributed by atoms with van der Waals surface area (Å²) in [5, 5.41) is 10.4. The molecule has 0 bridgehead atoms. The first-order valence-electron chi connectivity index (χ1n) is 9.66. The first kappa shape index (κ1) is 21.3. The Labute approximate surface area is 166 Å². The van der Waals surface area contributed by atoms with Crippen molar-refractivity contribution in [3.05, 3.63) is 42.0 Å². The number of carboxylic acids is 1. The number of rotatable bonds is 6. The number of pyridine rings is 1. The van der Waals surface area contributed by atoms with Gasteiger partial charge in [-0.2, -0.15) is 0 Å². The number of carbonyl (C=O) groups is 1. The number of ether oxygens (including phenoxy) is 1. The molecule has 0 aliphatic carbocycles. The molecular weight excluding hydrogens is 358 g/mol. The lowest BCUT2D eigenvalue weighted by Gasteiger charge is -2.26. The molecule has 1 aliphatic heterocycles. The van der Waals surface area contributed by atoms with Crippen LogP contribution in [0.1, 0.15) is 52.5 Å². The molecule has 1 atom stereocenters. The van der Waals surface area contributed by atoms with Crippen LogP contribution in [0.25, 0.3) is 11.3 Å². The minimum atomic E-state index is -0.769. The zero-order valence-electron chi connectivity index (χ0n) is 16.6. The maximum Gasteiger partial charge on any atom is 0.303 e. The molecule has 1 N–H and O–H groups in total. The van der Waals surface area contributed by atoms with Gasteiger partial charge < -0.3 is 9.84 Å². The van der Waals surface area contributed by atoms with E-state index in [0.29, 0.717) is 11.7 Å². The van der Waals surface area contributed by atoms with E-state index in [-0.39, 0.29) is 12.5 Å². The normalized spacial score (nSPS) is 15.4. The lowest BCUT2D eigenvalue weighted by atomic mass is 9.97. The maximum absolute atomic E-state index is 10.7. The van der Waals surface area contributed by atoms with Crippen LogP contribution in [-0.2, 0) is 11.2 Å². The Bertz CT molecular complexity index is 761. The maximum atomic E-state index is 10.7. The van der Waals surface area contributed by atoms with Crippen molar-refractivity contribution in [3.63, 3.8) is 0 Å². The molecule has 0 spiro atoms. The average Bonchev–Trinajstić information content (AvgIpc) is 2.67. The second-order valence-corrected chi connectivity index (χ2v) is 8.16. The lowest BCUT2D eigenvalue weighted by Crippen LogP contribution is -2.23. The van der Waals surface area contributed by atoms with Gasteiger partial charge in [0.1, 0.15) is 5.75 Å². The summed E-state index contributed by atoms with van der Waals surface area (Å²) in [5.74, 6) is 0.105. The van der Waals surface area contributed by atoms with Gasteiger partial charge in [-0.05, 0) is 55.2 Å². The average molecular weight is 388 g/mol. The van der Waals surface area contributed by atoms with Gasteiger partial charge in [0.05, 0.1) is 16.8 Å². The highest BCUT2D eigenvalue weighted by Crippen LogP contribution is 2.33. The van der Waals surface area contributed by atoms with Crippen LogP contribution in [0.15, 0.2) is 41.4 Å². The SMILES string of the molecule is CC.CC(C)Sc1cccc(-c2ccc3c(c2)CCC(CCC(=O)O)O3)n1. The Morgan fingerprint density at radius 3 is 2.78 bits per heavy atom. The molecule has 0 radical (unpaired) electrons. The molecule has 0 saturated heterocycles. The summed E-state index contributed by atoms with van der Waals surface area (Å²) >= 11 is 1.76. The number of thioether (sulfide) groups is 1. The molecule has 3 rings (SSSR count). The number of fused-ring (bicyclic) bond motifs is 1. The van der Waals surface area contributed by atoms with Crippen LogP contribution in [-0.4, -0.2) is 27.4 Å². The van der Waals surface area contributed by atoms with Crippen molar-refractivity contribution in [2.24, 2.45) is 0 Å². The van der Waals surface area contributed by atoms with E-state index in [1.807, 2.05) is 44.2 Å². The quantitative estimate of drug-likeness (QED) is 0.632. The molecule has 5 heteroatoms. The van der Waals surface area contributed by atoms with Gasteiger partial charge in [0.2, 0.25) is 0 Å². The molecule has 27 heavy (non-hydrogen) atoms. The summed E-state index contributed by atoms with van der Waals surface area (Å²) in [6.45, 7) is 8.33. The zero-order valence-corrected chi connectivity index (χ0v) is 17.4. The highest BCUT2D eigenvalue weighted by Gasteiger charge is 2.21. The summed E-state index contributed by atoms with van der Waals surface area (Å²) in [6, 6.07) is 12.3. The highest BCUT2D eigenvalue weighted by atomic mass is 32.2. The molecule has 2 aromatic rings. The van der Waals surface area contributed by atoms with Crippen LogP contribution in [0.4, 0.5) is 0 Å². The number of aromatic nitrogens is 1. The van der Waals surface area contributed by atoms with Crippen LogP contribution >= 0.6 is 11.8 Å².